The number of hydrogen-bond donors (Lipinski definition) is 2. The van der Waals surface area contributed by atoms with Crippen LogP contribution in [-0.4, -0.2) is 88.4 Å². The number of nitrogens with two attached hydrogens (primary N) is 1. The quantitative estimate of drug-likeness (QED) is 0.314. The molecule has 1 aliphatic heterocycles. The van der Waals surface area contributed by atoms with Crippen LogP contribution in [0.1, 0.15) is 51.2 Å². The van der Waals surface area contributed by atoms with Gasteiger partial charge >= 0.3 is 0 Å². The molecule has 0 unspecified atom stereocenters. The first-order valence-electron chi connectivity index (χ1n) is 15.8. The summed E-state index contributed by atoms with van der Waals surface area (Å²) in [5, 5.41) is 12.2. The predicted molar refractivity (Wildman–Crippen MR) is 179 cm³/mol. The summed E-state index contributed by atoms with van der Waals surface area (Å²) in [6, 6.07) is 22.1. The zero-order chi connectivity index (χ0) is 32.7. The third-order valence-electron chi connectivity index (χ3n) is 8.60. The molecular formula is C37H48N4O4. The highest BCUT2D eigenvalue weighted by atomic mass is 16.3. The number of aliphatic hydroxyl groups excluding tert-OH is 1. The molecule has 3 aromatic carbocycles. The average Bonchev–Trinajstić information content (AvgIpc) is 3.01. The Morgan fingerprint density at radius 2 is 1.49 bits per heavy atom. The number of nitrogens with zero attached hydrogens (tertiary/aromatic N) is 3. The van der Waals surface area contributed by atoms with Crippen LogP contribution in [0.5, 0.6) is 0 Å². The van der Waals surface area contributed by atoms with E-state index >= 15 is 0 Å². The molecule has 1 aliphatic rings. The highest BCUT2D eigenvalue weighted by molar-refractivity contribution is 5.95. The van der Waals surface area contributed by atoms with Crippen molar-refractivity contribution >= 4 is 28.5 Å². The zero-order valence-corrected chi connectivity index (χ0v) is 27.3. The van der Waals surface area contributed by atoms with E-state index in [0.29, 0.717) is 38.8 Å². The van der Waals surface area contributed by atoms with Crippen LogP contribution in [0.15, 0.2) is 84.4 Å². The maximum absolute atomic E-state index is 14.5. The van der Waals surface area contributed by atoms with Crippen molar-refractivity contribution < 1.29 is 19.5 Å². The van der Waals surface area contributed by atoms with Gasteiger partial charge in [-0.15, -0.1) is 0 Å². The Hall–Kier alpha value is -4.01. The molecule has 240 valence electrons. The van der Waals surface area contributed by atoms with Gasteiger partial charge in [0, 0.05) is 51.6 Å². The maximum Gasteiger partial charge on any atom is 0.246 e. The molecule has 3 N–H and O–H groups in total. The van der Waals surface area contributed by atoms with E-state index in [2.05, 4.69) is 6.07 Å². The SMILES string of the molecule is CC(=CC(=O)N(C)[C@H](Cc1ccc2ccccc2c1)C(=O)N(C)[C@H](Cc1ccccc1)C(=O)N1CCC(O)CC1)CC(C)(C)N. The van der Waals surface area contributed by atoms with Crippen LogP contribution in [-0.2, 0) is 27.2 Å². The van der Waals surface area contributed by atoms with Gasteiger partial charge < -0.3 is 25.5 Å². The van der Waals surface area contributed by atoms with Crippen molar-refractivity contribution in [2.24, 2.45) is 5.73 Å². The molecule has 1 saturated heterocycles. The van der Waals surface area contributed by atoms with E-state index in [1.165, 1.54) is 9.80 Å². The van der Waals surface area contributed by atoms with E-state index in [9.17, 15) is 19.5 Å². The molecule has 0 spiro atoms. The molecule has 0 radical (unpaired) electrons. The van der Waals surface area contributed by atoms with E-state index in [4.69, 9.17) is 5.73 Å². The summed E-state index contributed by atoms with van der Waals surface area (Å²) in [5.41, 5.74) is 8.40. The number of hydrogen-bond acceptors (Lipinski definition) is 5. The Labute approximate surface area is 267 Å². The minimum atomic E-state index is -0.854. The van der Waals surface area contributed by atoms with Crippen molar-refractivity contribution in [2.45, 2.75) is 76.6 Å². The smallest absolute Gasteiger partial charge is 0.246 e. The average molecular weight is 613 g/mol. The van der Waals surface area contributed by atoms with Crippen LogP contribution in [0.4, 0.5) is 0 Å². The van der Waals surface area contributed by atoms with E-state index in [-0.39, 0.29) is 24.1 Å². The van der Waals surface area contributed by atoms with E-state index in [1.54, 1.807) is 25.1 Å². The van der Waals surface area contributed by atoms with Gasteiger partial charge in [0.25, 0.3) is 0 Å². The van der Waals surface area contributed by atoms with Gasteiger partial charge in [-0.3, -0.25) is 14.4 Å². The fourth-order valence-corrected chi connectivity index (χ4v) is 6.13. The number of amides is 3. The molecule has 3 aromatic rings. The number of carbonyl (C=O) groups excluding carboxylic acids is 3. The number of fused-ring (bicyclic) bond motifs is 1. The number of piperidine rings is 1. The minimum absolute atomic E-state index is 0.152. The largest absolute Gasteiger partial charge is 0.393 e. The number of likely N-dealkylation sites (N-methyl/N-ethyl adjacent to an activating group) is 2. The van der Waals surface area contributed by atoms with Crippen LogP contribution in [0.3, 0.4) is 0 Å². The van der Waals surface area contributed by atoms with Gasteiger partial charge in [0.2, 0.25) is 17.7 Å². The van der Waals surface area contributed by atoms with E-state index in [0.717, 1.165) is 27.5 Å². The molecule has 4 rings (SSSR count). The lowest BCUT2D eigenvalue weighted by Gasteiger charge is -2.38. The Bertz CT molecular complexity index is 1510. The fraction of sp³-hybridized carbons (Fsp3) is 0.432. The van der Waals surface area contributed by atoms with Crippen LogP contribution in [0.25, 0.3) is 10.8 Å². The van der Waals surface area contributed by atoms with E-state index in [1.807, 2.05) is 87.5 Å². The highest BCUT2D eigenvalue weighted by Crippen LogP contribution is 2.22. The van der Waals surface area contributed by atoms with Crippen molar-refractivity contribution in [1.29, 1.82) is 0 Å². The summed E-state index contributed by atoms with van der Waals surface area (Å²) in [6.45, 7) is 6.57. The van der Waals surface area contributed by atoms with Crippen LogP contribution in [0.2, 0.25) is 0 Å². The number of rotatable bonds is 11. The van der Waals surface area contributed by atoms with Gasteiger partial charge in [-0.25, -0.2) is 0 Å². The van der Waals surface area contributed by atoms with Gasteiger partial charge in [-0.1, -0.05) is 78.4 Å². The zero-order valence-electron chi connectivity index (χ0n) is 27.3. The molecular weight excluding hydrogens is 564 g/mol. The topological polar surface area (TPSA) is 107 Å². The lowest BCUT2D eigenvalue weighted by molar-refractivity contribution is -0.150. The fourth-order valence-electron chi connectivity index (χ4n) is 6.13. The summed E-state index contributed by atoms with van der Waals surface area (Å²) >= 11 is 0. The van der Waals surface area contributed by atoms with Crippen molar-refractivity contribution in [3.8, 4) is 0 Å². The standard InChI is InChI=1S/C37H48N4O4/c1-26(25-37(2,3)38)21-34(43)39(4)32(24-28-15-16-29-13-9-10-14-30(29)22-28)35(44)40(5)33(23-27-11-7-6-8-12-27)36(45)41-19-17-31(42)18-20-41/h6-16,21-22,31-33,42H,17-20,23-25,38H2,1-5H3/t32-,33-/m1/s1. The van der Waals surface area contributed by atoms with Crippen LogP contribution in [0, 0.1) is 0 Å². The van der Waals surface area contributed by atoms with Crippen LogP contribution >= 0.6 is 0 Å². The lowest BCUT2D eigenvalue weighted by atomic mass is 9.96. The van der Waals surface area contributed by atoms with E-state index < -0.39 is 23.7 Å². The van der Waals surface area contributed by atoms with Crippen LogP contribution < -0.4 is 5.73 Å². The van der Waals surface area contributed by atoms with Crippen molar-refractivity contribution in [3.05, 3.63) is 95.6 Å². The number of aliphatic hydroxyl groups is 1. The summed E-state index contributed by atoms with van der Waals surface area (Å²) in [7, 11) is 3.31. The molecule has 0 aliphatic carbocycles. The second-order valence-electron chi connectivity index (χ2n) is 13.2. The predicted octanol–water partition coefficient (Wildman–Crippen LogP) is 4.34. The molecule has 0 bridgehead atoms. The molecule has 8 heteroatoms. The molecule has 0 aromatic heterocycles. The third-order valence-corrected chi connectivity index (χ3v) is 8.60. The van der Waals surface area contributed by atoms with Gasteiger partial charge in [-0.2, -0.15) is 0 Å². The normalized spacial score (nSPS) is 15.9. The Morgan fingerprint density at radius 1 is 0.889 bits per heavy atom. The summed E-state index contributed by atoms with van der Waals surface area (Å²) in [5.74, 6) is -0.753. The van der Waals surface area contributed by atoms with Gasteiger partial charge in [0.1, 0.15) is 12.1 Å². The van der Waals surface area contributed by atoms with Gasteiger partial charge in [0.15, 0.2) is 0 Å². The van der Waals surface area contributed by atoms with Crippen molar-refractivity contribution in [2.75, 3.05) is 27.2 Å². The Kier molecular flexibility index (Phi) is 11.2. The monoisotopic (exact) mass is 612 g/mol. The second-order valence-corrected chi connectivity index (χ2v) is 13.2. The molecule has 2 atom stereocenters. The maximum atomic E-state index is 14.5. The number of likely N-dealkylation sites (tertiary alicyclic amines) is 1. The minimum Gasteiger partial charge on any atom is -0.393 e. The number of carbonyl (C=O) groups is 3. The first-order chi connectivity index (χ1) is 21.3. The molecule has 1 fully saturated rings. The Balaban J connectivity index is 1.68. The summed E-state index contributed by atoms with van der Waals surface area (Å²) in [6.07, 6.45) is 3.31. The first kappa shape index (κ1) is 33.9. The molecule has 8 nitrogen and oxygen atoms in total. The number of benzene rings is 3. The molecule has 0 saturated carbocycles. The molecule has 1 heterocycles. The van der Waals surface area contributed by atoms with Crippen molar-refractivity contribution in [3.63, 3.8) is 0 Å². The van der Waals surface area contributed by atoms with Crippen molar-refractivity contribution in [1.82, 2.24) is 14.7 Å². The van der Waals surface area contributed by atoms with Gasteiger partial charge in [-0.05, 0) is 61.9 Å². The third kappa shape index (κ3) is 9.25. The molecule has 3 amide bonds. The molecule has 45 heavy (non-hydrogen) atoms. The van der Waals surface area contributed by atoms with Gasteiger partial charge in [0.05, 0.1) is 6.10 Å². The Morgan fingerprint density at radius 3 is 2.13 bits per heavy atom. The second kappa shape index (κ2) is 14.8. The summed E-state index contributed by atoms with van der Waals surface area (Å²) < 4.78 is 0. The summed E-state index contributed by atoms with van der Waals surface area (Å²) in [4.78, 5) is 46.9. The lowest BCUT2D eigenvalue weighted by Crippen LogP contribution is -2.57. The first-order valence-corrected chi connectivity index (χ1v) is 15.8. The highest BCUT2D eigenvalue weighted by Gasteiger charge is 2.37.